The molecule has 0 atom stereocenters. The quantitative estimate of drug-likeness (QED) is 0.842. The van der Waals surface area contributed by atoms with Gasteiger partial charge in [0.1, 0.15) is 0 Å². The Morgan fingerprint density at radius 2 is 1.95 bits per heavy atom. The monoisotopic (exact) mass is 282 g/mol. The third-order valence-electron chi connectivity index (χ3n) is 3.59. The van der Waals surface area contributed by atoms with Crippen molar-refractivity contribution in [3.05, 3.63) is 21.7 Å². The number of carbonyl (C=O) groups excluding carboxylic acids is 1. The summed E-state index contributed by atoms with van der Waals surface area (Å²) in [5.41, 5.74) is 0.969. The lowest BCUT2D eigenvalue weighted by atomic mass is 10.1. The topological polar surface area (TPSA) is 64.7 Å². The number of aromatic nitrogens is 1. The van der Waals surface area contributed by atoms with E-state index in [1.54, 1.807) is 4.90 Å². The second kappa shape index (κ2) is 6.74. The smallest absolute Gasteiger partial charge is 0.361 e. The highest BCUT2D eigenvalue weighted by Crippen LogP contribution is 2.13. The second-order valence-electron chi connectivity index (χ2n) is 4.94. The van der Waals surface area contributed by atoms with E-state index in [0.717, 1.165) is 18.5 Å². The second-order valence-corrected chi connectivity index (χ2v) is 4.94. The van der Waals surface area contributed by atoms with Crippen LogP contribution in [-0.2, 0) is 17.6 Å². The van der Waals surface area contributed by atoms with Crippen LogP contribution in [0, 0.1) is 0 Å². The molecule has 1 aliphatic heterocycles. The maximum absolute atomic E-state index is 12.5. The summed E-state index contributed by atoms with van der Waals surface area (Å²) in [5, 5.41) is 0. The predicted molar refractivity (Wildman–Crippen MR) is 74.1 cm³/mol. The summed E-state index contributed by atoms with van der Waals surface area (Å²) in [4.78, 5) is 26.0. The third kappa shape index (κ3) is 2.95. The van der Waals surface area contributed by atoms with Crippen molar-refractivity contribution >= 4 is 6.03 Å². The van der Waals surface area contributed by atoms with Gasteiger partial charge in [0.2, 0.25) is 0 Å². The first kappa shape index (κ1) is 14.8. The molecule has 1 aliphatic rings. The zero-order chi connectivity index (χ0) is 14.5. The normalized spacial score (nSPS) is 15.6. The van der Waals surface area contributed by atoms with Gasteiger partial charge < -0.3 is 14.2 Å². The molecule has 0 aromatic carbocycles. The van der Waals surface area contributed by atoms with E-state index in [9.17, 15) is 9.59 Å². The van der Waals surface area contributed by atoms with Gasteiger partial charge in [-0.2, -0.15) is 0 Å². The summed E-state index contributed by atoms with van der Waals surface area (Å²) in [6.07, 6.45) is 3.23. The number of ether oxygens (including phenoxy) is 1. The van der Waals surface area contributed by atoms with Gasteiger partial charge in [0, 0.05) is 13.1 Å². The van der Waals surface area contributed by atoms with Crippen LogP contribution in [0.15, 0.2) is 9.32 Å². The zero-order valence-corrected chi connectivity index (χ0v) is 12.2. The molecule has 1 aromatic rings. The first-order valence-corrected chi connectivity index (χ1v) is 7.30. The number of unbranched alkanes of at least 4 members (excludes halogenated alkanes) is 1. The summed E-state index contributed by atoms with van der Waals surface area (Å²) in [5.74, 6) is 0. The van der Waals surface area contributed by atoms with Gasteiger partial charge in [-0.05, 0) is 19.3 Å². The standard InChI is InChI=1S/C14H22N2O4/c1-3-5-6-12-11(4-2)13(17)20-16(12)14(18)15-7-9-19-10-8-15/h3-10H2,1-2H3. The predicted octanol–water partition coefficient (Wildman–Crippen LogP) is 1.65. The number of hydrogen-bond donors (Lipinski definition) is 0. The molecule has 1 saturated heterocycles. The van der Waals surface area contributed by atoms with Crippen LogP contribution < -0.4 is 5.63 Å². The van der Waals surface area contributed by atoms with E-state index in [0.29, 0.717) is 44.7 Å². The Morgan fingerprint density at radius 3 is 2.55 bits per heavy atom. The van der Waals surface area contributed by atoms with Crippen molar-refractivity contribution in [2.75, 3.05) is 26.3 Å². The van der Waals surface area contributed by atoms with Crippen LogP contribution in [0.4, 0.5) is 4.79 Å². The molecule has 2 rings (SSSR count). The molecule has 1 aromatic heterocycles. The summed E-state index contributed by atoms with van der Waals surface area (Å²) < 4.78 is 11.6. The van der Waals surface area contributed by atoms with Crippen LogP contribution in [0.1, 0.15) is 37.9 Å². The van der Waals surface area contributed by atoms with Crippen LogP contribution >= 0.6 is 0 Å². The summed E-state index contributed by atoms with van der Waals surface area (Å²) in [6.45, 7) is 6.12. The molecule has 0 unspecified atom stereocenters. The van der Waals surface area contributed by atoms with E-state index >= 15 is 0 Å². The number of nitrogens with zero attached hydrogens (tertiary/aromatic N) is 2. The lowest BCUT2D eigenvalue weighted by molar-refractivity contribution is 0.0478. The Labute approximate surface area is 118 Å². The molecule has 6 heteroatoms. The van der Waals surface area contributed by atoms with E-state index < -0.39 is 0 Å². The average molecular weight is 282 g/mol. The molecular formula is C14H22N2O4. The largest absolute Gasteiger partial charge is 0.378 e. The van der Waals surface area contributed by atoms with Gasteiger partial charge in [0.25, 0.3) is 0 Å². The first-order valence-electron chi connectivity index (χ1n) is 7.30. The molecule has 0 radical (unpaired) electrons. The molecule has 6 nitrogen and oxygen atoms in total. The summed E-state index contributed by atoms with van der Waals surface area (Å²) >= 11 is 0. The Kier molecular flexibility index (Phi) is 5.00. The molecule has 0 saturated carbocycles. The SMILES string of the molecule is CCCCc1c(CC)c(=O)on1C(=O)N1CCOCC1. The highest BCUT2D eigenvalue weighted by atomic mass is 16.5. The summed E-state index contributed by atoms with van der Waals surface area (Å²) in [6, 6.07) is -0.254. The van der Waals surface area contributed by atoms with Gasteiger partial charge in [-0.1, -0.05) is 20.3 Å². The summed E-state index contributed by atoms with van der Waals surface area (Å²) in [7, 11) is 0. The van der Waals surface area contributed by atoms with Crippen LogP contribution in [-0.4, -0.2) is 42.0 Å². The molecular weight excluding hydrogens is 260 g/mol. The number of rotatable bonds is 4. The fraction of sp³-hybridized carbons (Fsp3) is 0.714. The lowest BCUT2D eigenvalue weighted by Crippen LogP contribution is -2.43. The van der Waals surface area contributed by atoms with Crippen molar-refractivity contribution in [2.24, 2.45) is 0 Å². The molecule has 0 N–H and O–H groups in total. The van der Waals surface area contributed by atoms with Gasteiger partial charge in [0.05, 0.1) is 24.5 Å². The Balaban J connectivity index is 2.29. The molecule has 112 valence electrons. The molecule has 0 aliphatic carbocycles. The number of amides is 1. The van der Waals surface area contributed by atoms with Crippen molar-refractivity contribution in [3.63, 3.8) is 0 Å². The van der Waals surface area contributed by atoms with Crippen molar-refractivity contribution in [2.45, 2.75) is 39.5 Å². The van der Waals surface area contributed by atoms with Crippen molar-refractivity contribution in [1.82, 2.24) is 9.64 Å². The van der Waals surface area contributed by atoms with Gasteiger partial charge >= 0.3 is 11.7 Å². The van der Waals surface area contributed by atoms with Crippen molar-refractivity contribution in [1.29, 1.82) is 0 Å². The van der Waals surface area contributed by atoms with Gasteiger partial charge in [-0.3, -0.25) is 0 Å². The maximum Gasteiger partial charge on any atom is 0.361 e. The molecule has 2 heterocycles. The minimum Gasteiger partial charge on any atom is -0.378 e. The zero-order valence-electron chi connectivity index (χ0n) is 12.2. The van der Waals surface area contributed by atoms with Crippen LogP contribution in [0.3, 0.4) is 0 Å². The molecule has 0 spiro atoms. The molecule has 1 fully saturated rings. The van der Waals surface area contributed by atoms with Crippen LogP contribution in [0.25, 0.3) is 0 Å². The molecule has 20 heavy (non-hydrogen) atoms. The van der Waals surface area contributed by atoms with E-state index in [-0.39, 0.29) is 11.7 Å². The van der Waals surface area contributed by atoms with Gasteiger partial charge in [0.15, 0.2) is 0 Å². The van der Waals surface area contributed by atoms with E-state index in [2.05, 4.69) is 6.92 Å². The van der Waals surface area contributed by atoms with Crippen LogP contribution in [0.5, 0.6) is 0 Å². The Bertz CT molecular complexity index is 512. The van der Waals surface area contributed by atoms with Gasteiger partial charge in [-0.25, -0.2) is 9.59 Å². The highest BCUT2D eigenvalue weighted by molar-refractivity contribution is 5.76. The highest BCUT2D eigenvalue weighted by Gasteiger charge is 2.25. The average Bonchev–Trinajstić information content (AvgIpc) is 2.81. The Hall–Kier alpha value is -1.56. The van der Waals surface area contributed by atoms with E-state index in [1.807, 2.05) is 6.92 Å². The first-order chi connectivity index (χ1) is 9.69. The fourth-order valence-electron chi connectivity index (χ4n) is 2.42. The lowest BCUT2D eigenvalue weighted by Gasteiger charge is -2.26. The van der Waals surface area contributed by atoms with Crippen molar-refractivity contribution < 1.29 is 14.1 Å². The van der Waals surface area contributed by atoms with E-state index in [1.165, 1.54) is 4.74 Å². The fourth-order valence-corrected chi connectivity index (χ4v) is 2.42. The maximum atomic E-state index is 12.5. The van der Waals surface area contributed by atoms with Gasteiger partial charge in [-0.15, -0.1) is 4.74 Å². The Morgan fingerprint density at radius 1 is 1.25 bits per heavy atom. The van der Waals surface area contributed by atoms with E-state index in [4.69, 9.17) is 9.26 Å². The molecule has 1 amide bonds. The van der Waals surface area contributed by atoms with Crippen LogP contribution in [0.2, 0.25) is 0 Å². The number of hydrogen-bond acceptors (Lipinski definition) is 4. The minimum atomic E-state index is -0.389. The minimum absolute atomic E-state index is 0.254. The number of carbonyl (C=O) groups is 1. The molecule has 0 bridgehead atoms. The van der Waals surface area contributed by atoms with Crippen molar-refractivity contribution in [3.8, 4) is 0 Å². The number of morpholine rings is 1. The third-order valence-corrected chi connectivity index (χ3v) is 3.59.